The van der Waals surface area contributed by atoms with Crippen molar-refractivity contribution in [2.24, 2.45) is 0 Å². The SMILES string of the molecule is CCOP(=O)(OCC)[C@H](c1cccc2ccccc12)[C@@H](C[N+](=O)[O-])c1ccc(Cl)cc1. The van der Waals surface area contributed by atoms with Crippen LogP contribution in [-0.4, -0.2) is 24.7 Å². The molecule has 0 heterocycles. The summed E-state index contributed by atoms with van der Waals surface area (Å²) in [5.74, 6) is -0.748. The standard InChI is InChI=1S/C23H25ClNO5P/c1-3-29-31(28,30-4-2)23(21-11-7-9-17-8-5-6-10-20(17)21)22(16-25(26)27)18-12-14-19(24)15-13-18/h5-15,22-23H,3-4,16H2,1-2H3/t22-,23+/m0/s1. The predicted molar refractivity (Wildman–Crippen MR) is 124 cm³/mol. The van der Waals surface area contributed by atoms with Crippen LogP contribution in [0.5, 0.6) is 0 Å². The maximum absolute atomic E-state index is 14.1. The van der Waals surface area contributed by atoms with E-state index < -0.39 is 25.7 Å². The zero-order chi connectivity index (χ0) is 22.4. The fourth-order valence-electron chi connectivity index (χ4n) is 3.93. The Kier molecular flexibility index (Phi) is 7.84. The number of benzene rings is 3. The summed E-state index contributed by atoms with van der Waals surface area (Å²) in [6.45, 7) is 3.35. The summed E-state index contributed by atoms with van der Waals surface area (Å²) in [7, 11) is -3.78. The fraction of sp³-hybridized carbons (Fsp3) is 0.304. The van der Waals surface area contributed by atoms with Crippen LogP contribution in [0.1, 0.15) is 36.6 Å². The molecule has 0 radical (unpaired) electrons. The normalized spacial score (nSPS) is 13.8. The Balaban J connectivity index is 2.30. The highest BCUT2D eigenvalue weighted by atomic mass is 35.5. The van der Waals surface area contributed by atoms with Crippen LogP contribution in [0.25, 0.3) is 10.8 Å². The summed E-state index contributed by atoms with van der Waals surface area (Å²) in [6.07, 6.45) is 0. The third-order valence-electron chi connectivity index (χ3n) is 5.13. The molecule has 0 amide bonds. The van der Waals surface area contributed by atoms with E-state index in [-0.39, 0.29) is 18.1 Å². The molecule has 8 heteroatoms. The van der Waals surface area contributed by atoms with Gasteiger partial charge >= 0.3 is 7.60 Å². The van der Waals surface area contributed by atoms with E-state index in [4.69, 9.17) is 20.6 Å². The van der Waals surface area contributed by atoms with E-state index in [9.17, 15) is 14.7 Å². The lowest BCUT2D eigenvalue weighted by molar-refractivity contribution is -0.483. The molecule has 0 saturated carbocycles. The summed E-state index contributed by atoms with van der Waals surface area (Å²) in [5.41, 5.74) is 0.480. The minimum Gasteiger partial charge on any atom is -0.308 e. The second-order valence-corrected chi connectivity index (χ2v) is 9.65. The van der Waals surface area contributed by atoms with E-state index in [0.717, 1.165) is 10.8 Å². The third-order valence-corrected chi connectivity index (χ3v) is 7.93. The molecule has 0 spiro atoms. The highest BCUT2D eigenvalue weighted by molar-refractivity contribution is 7.54. The Labute approximate surface area is 186 Å². The van der Waals surface area contributed by atoms with Crippen molar-refractivity contribution in [2.75, 3.05) is 19.8 Å². The molecule has 0 N–H and O–H groups in total. The Hall–Kier alpha value is -2.24. The molecule has 0 aliphatic heterocycles. The predicted octanol–water partition coefficient (Wildman–Crippen LogP) is 6.86. The van der Waals surface area contributed by atoms with E-state index in [1.165, 1.54) is 0 Å². The van der Waals surface area contributed by atoms with Gasteiger partial charge in [-0.05, 0) is 47.9 Å². The van der Waals surface area contributed by atoms with Crippen LogP contribution in [-0.2, 0) is 13.6 Å². The lowest BCUT2D eigenvalue weighted by atomic mass is 9.89. The summed E-state index contributed by atoms with van der Waals surface area (Å²) in [5, 5.41) is 14.0. The first-order valence-corrected chi connectivity index (χ1v) is 12.1. The molecule has 2 atom stereocenters. The number of fused-ring (bicyclic) bond motifs is 1. The molecule has 0 bridgehead atoms. The second-order valence-electron chi connectivity index (χ2n) is 7.06. The maximum Gasteiger partial charge on any atom is 0.338 e. The Morgan fingerprint density at radius 2 is 1.58 bits per heavy atom. The molecule has 3 rings (SSSR count). The second kappa shape index (κ2) is 10.4. The number of nitrogens with zero attached hydrogens (tertiary/aromatic N) is 1. The van der Waals surface area contributed by atoms with Crippen molar-refractivity contribution in [3.63, 3.8) is 0 Å². The van der Waals surface area contributed by atoms with Gasteiger partial charge in [0.2, 0.25) is 6.54 Å². The van der Waals surface area contributed by atoms with E-state index in [2.05, 4.69) is 0 Å². The average Bonchev–Trinajstić information content (AvgIpc) is 2.74. The van der Waals surface area contributed by atoms with Crippen molar-refractivity contribution in [1.29, 1.82) is 0 Å². The van der Waals surface area contributed by atoms with Crippen molar-refractivity contribution in [3.05, 3.63) is 93.0 Å². The number of hydrogen-bond acceptors (Lipinski definition) is 5. The highest BCUT2D eigenvalue weighted by Gasteiger charge is 2.45. The van der Waals surface area contributed by atoms with Crippen molar-refractivity contribution in [3.8, 4) is 0 Å². The molecule has 3 aromatic rings. The minimum absolute atomic E-state index is 0.157. The molecule has 0 aliphatic rings. The maximum atomic E-state index is 14.1. The largest absolute Gasteiger partial charge is 0.338 e. The molecular weight excluding hydrogens is 437 g/mol. The van der Waals surface area contributed by atoms with Gasteiger partial charge in [0.15, 0.2) is 0 Å². The van der Waals surface area contributed by atoms with E-state index in [1.807, 2.05) is 42.5 Å². The van der Waals surface area contributed by atoms with Gasteiger partial charge in [-0.3, -0.25) is 14.7 Å². The lowest BCUT2D eigenvalue weighted by Gasteiger charge is -2.32. The molecule has 31 heavy (non-hydrogen) atoms. The first-order valence-electron chi connectivity index (χ1n) is 10.1. The Morgan fingerprint density at radius 3 is 2.19 bits per heavy atom. The average molecular weight is 462 g/mol. The van der Waals surface area contributed by atoms with Crippen LogP contribution in [0.2, 0.25) is 5.02 Å². The van der Waals surface area contributed by atoms with Crippen LogP contribution in [0, 0.1) is 10.1 Å². The van der Waals surface area contributed by atoms with E-state index in [1.54, 1.807) is 38.1 Å². The Bertz CT molecular complexity index is 1070. The van der Waals surface area contributed by atoms with Gasteiger partial charge in [-0.25, -0.2) is 0 Å². The van der Waals surface area contributed by atoms with Crippen LogP contribution in [0.3, 0.4) is 0 Å². The topological polar surface area (TPSA) is 78.7 Å². The van der Waals surface area contributed by atoms with Crippen molar-refractivity contribution < 1.29 is 18.5 Å². The molecule has 6 nitrogen and oxygen atoms in total. The first-order chi connectivity index (χ1) is 14.9. The van der Waals surface area contributed by atoms with Gasteiger partial charge < -0.3 is 9.05 Å². The van der Waals surface area contributed by atoms with E-state index in [0.29, 0.717) is 16.1 Å². The highest BCUT2D eigenvalue weighted by Crippen LogP contribution is 2.66. The van der Waals surface area contributed by atoms with Crippen molar-refractivity contribution >= 4 is 30.0 Å². The molecule has 0 fully saturated rings. The van der Waals surface area contributed by atoms with Gasteiger partial charge in [0.05, 0.1) is 19.1 Å². The molecule has 3 aromatic carbocycles. The smallest absolute Gasteiger partial charge is 0.308 e. The molecule has 0 saturated heterocycles. The van der Waals surface area contributed by atoms with E-state index >= 15 is 0 Å². The van der Waals surface area contributed by atoms with Gasteiger partial charge in [0, 0.05) is 9.95 Å². The number of hydrogen-bond donors (Lipinski definition) is 0. The number of halogens is 1. The van der Waals surface area contributed by atoms with Gasteiger partial charge in [-0.1, -0.05) is 66.2 Å². The molecule has 0 aromatic heterocycles. The number of rotatable bonds is 10. The fourth-order valence-corrected chi connectivity index (χ4v) is 6.45. The zero-order valence-corrected chi connectivity index (χ0v) is 19.1. The van der Waals surface area contributed by atoms with Gasteiger partial charge in [0.1, 0.15) is 5.66 Å². The van der Waals surface area contributed by atoms with Crippen LogP contribution < -0.4 is 0 Å². The summed E-state index contributed by atoms with van der Waals surface area (Å²) in [4.78, 5) is 11.3. The lowest BCUT2D eigenvalue weighted by Crippen LogP contribution is -2.22. The van der Waals surface area contributed by atoms with Gasteiger partial charge in [0.25, 0.3) is 0 Å². The van der Waals surface area contributed by atoms with Gasteiger partial charge in [-0.2, -0.15) is 0 Å². The van der Waals surface area contributed by atoms with Crippen molar-refractivity contribution in [2.45, 2.75) is 25.4 Å². The van der Waals surface area contributed by atoms with Crippen LogP contribution in [0.15, 0.2) is 66.7 Å². The summed E-state index contributed by atoms with van der Waals surface area (Å²) < 4.78 is 25.6. The molecule has 164 valence electrons. The van der Waals surface area contributed by atoms with Crippen LogP contribution in [0.4, 0.5) is 0 Å². The molecular formula is C23H25ClNO5P. The van der Waals surface area contributed by atoms with Gasteiger partial charge in [-0.15, -0.1) is 0 Å². The third kappa shape index (κ3) is 5.34. The quantitative estimate of drug-likeness (QED) is 0.187. The number of nitro groups is 1. The minimum atomic E-state index is -3.78. The zero-order valence-electron chi connectivity index (χ0n) is 17.4. The molecule has 0 unspecified atom stereocenters. The van der Waals surface area contributed by atoms with Crippen molar-refractivity contribution in [1.82, 2.24) is 0 Å². The Morgan fingerprint density at radius 1 is 0.968 bits per heavy atom. The summed E-state index contributed by atoms with van der Waals surface area (Å²) in [6, 6.07) is 20.2. The van der Waals surface area contributed by atoms with Crippen LogP contribution >= 0.6 is 19.2 Å². The first kappa shape index (κ1) is 23.4. The molecule has 0 aliphatic carbocycles. The monoisotopic (exact) mass is 461 g/mol. The summed E-state index contributed by atoms with van der Waals surface area (Å²) >= 11 is 6.05.